The van der Waals surface area contributed by atoms with E-state index < -0.39 is 4.92 Å². The standard InChI is InChI=1S/C12H11ClN4O3/c1-20-8-16(12-11(13)14-6-7-15-12)9-4-2-3-5-10(9)17(18)19/h2-7H,8H2,1H3. The van der Waals surface area contributed by atoms with E-state index in [2.05, 4.69) is 9.97 Å². The number of nitrogens with zero attached hydrogens (tertiary/aromatic N) is 4. The van der Waals surface area contributed by atoms with Gasteiger partial charge in [-0.2, -0.15) is 0 Å². The molecule has 0 N–H and O–H groups in total. The number of benzene rings is 1. The number of aromatic nitrogens is 2. The fourth-order valence-corrected chi connectivity index (χ4v) is 1.92. The van der Waals surface area contributed by atoms with Crippen molar-refractivity contribution in [3.05, 3.63) is 51.9 Å². The minimum atomic E-state index is -0.470. The molecule has 2 rings (SSSR count). The van der Waals surface area contributed by atoms with Crippen LogP contribution in [0.3, 0.4) is 0 Å². The summed E-state index contributed by atoms with van der Waals surface area (Å²) >= 11 is 6.00. The van der Waals surface area contributed by atoms with Gasteiger partial charge in [0, 0.05) is 25.6 Å². The molecule has 1 aromatic heterocycles. The average Bonchev–Trinajstić information content (AvgIpc) is 2.46. The van der Waals surface area contributed by atoms with Crippen molar-refractivity contribution < 1.29 is 9.66 Å². The Morgan fingerprint density at radius 3 is 2.70 bits per heavy atom. The highest BCUT2D eigenvalue weighted by Crippen LogP contribution is 2.34. The molecule has 8 heteroatoms. The molecule has 0 radical (unpaired) electrons. The van der Waals surface area contributed by atoms with E-state index in [0.29, 0.717) is 11.5 Å². The van der Waals surface area contributed by atoms with E-state index in [1.165, 1.54) is 30.5 Å². The maximum Gasteiger partial charge on any atom is 0.292 e. The van der Waals surface area contributed by atoms with E-state index in [1.54, 1.807) is 18.2 Å². The number of para-hydroxylation sites is 2. The predicted molar refractivity (Wildman–Crippen MR) is 74.2 cm³/mol. The molecule has 1 aromatic carbocycles. The lowest BCUT2D eigenvalue weighted by molar-refractivity contribution is -0.384. The quantitative estimate of drug-likeness (QED) is 0.479. The molecule has 1 heterocycles. The lowest BCUT2D eigenvalue weighted by atomic mass is 10.2. The summed E-state index contributed by atoms with van der Waals surface area (Å²) in [5.74, 6) is 0.297. The van der Waals surface area contributed by atoms with Gasteiger partial charge in [0.1, 0.15) is 12.4 Å². The van der Waals surface area contributed by atoms with Gasteiger partial charge >= 0.3 is 0 Å². The van der Waals surface area contributed by atoms with Gasteiger partial charge in [-0.25, -0.2) is 9.97 Å². The number of ether oxygens (including phenoxy) is 1. The molecule has 0 fully saturated rings. The van der Waals surface area contributed by atoms with Crippen LogP contribution in [0.1, 0.15) is 0 Å². The first-order valence-corrected chi connectivity index (χ1v) is 5.99. The van der Waals surface area contributed by atoms with Crippen molar-refractivity contribution in [2.75, 3.05) is 18.7 Å². The van der Waals surface area contributed by atoms with Crippen molar-refractivity contribution in [2.45, 2.75) is 0 Å². The highest BCUT2D eigenvalue weighted by Gasteiger charge is 2.22. The van der Waals surface area contributed by atoms with E-state index in [0.717, 1.165) is 0 Å². The maximum absolute atomic E-state index is 11.1. The SMILES string of the molecule is COCN(c1ccccc1[N+](=O)[O-])c1nccnc1Cl. The molecule has 0 unspecified atom stereocenters. The smallest absolute Gasteiger partial charge is 0.292 e. The first-order valence-electron chi connectivity index (χ1n) is 5.61. The second-order valence-electron chi connectivity index (χ2n) is 3.76. The molecule has 0 aliphatic carbocycles. The van der Waals surface area contributed by atoms with E-state index >= 15 is 0 Å². The summed E-state index contributed by atoms with van der Waals surface area (Å²) in [6, 6.07) is 6.28. The lowest BCUT2D eigenvalue weighted by Gasteiger charge is -2.22. The Balaban J connectivity index is 2.55. The van der Waals surface area contributed by atoms with Crippen LogP contribution in [0, 0.1) is 10.1 Å². The predicted octanol–water partition coefficient (Wildman–Crippen LogP) is 2.78. The van der Waals surface area contributed by atoms with Crippen molar-refractivity contribution in [2.24, 2.45) is 0 Å². The minimum Gasteiger partial charge on any atom is -0.364 e. The number of nitro groups is 1. The lowest BCUT2D eigenvalue weighted by Crippen LogP contribution is -2.22. The summed E-state index contributed by atoms with van der Waals surface area (Å²) in [6.07, 6.45) is 2.90. The molecule has 20 heavy (non-hydrogen) atoms. The fraction of sp³-hybridized carbons (Fsp3) is 0.167. The Bertz CT molecular complexity index is 623. The van der Waals surface area contributed by atoms with Crippen molar-refractivity contribution in [3.63, 3.8) is 0 Å². The number of hydrogen-bond donors (Lipinski definition) is 0. The molecule has 104 valence electrons. The zero-order chi connectivity index (χ0) is 14.5. The largest absolute Gasteiger partial charge is 0.364 e. The Labute approximate surface area is 119 Å². The van der Waals surface area contributed by atoms with Gasteiger partial charge in [-0.1, -0.05) is 23.7 Å². The molecule has 0 aliphatic rings. The van der Waals surface area contributed by atoms with Gasteiger partial charge in [0.05, 0.1) is 4.92 Å². The van der Waals surface area contributed by atoms with E-state index in [-0.39, 0.29) is 17.6 Å². The van der Waals surface area contributed by atoms with Gasteiger partial charge in [0.2, 0.25) is 0 Å². The molecule has 0 saturated heterocycles. The first-order chi connectivity index (χ1) is 9.65. The van der Waals surface area contributed by atoms with Crippen LogP contribution < -0.4 is 4.90 Å². The Kier molecular flexibility index (Phi) is 4.44. The van der Waals surface area contributed by atoms with Gasteiger partial charge in [0.15, 0.2) is 11.0 Å². The Morgan fingerprint density at radius 2 is 2.05 bits per heavy atom. The summed E-state index contributed by atoms with van der Waals surface area (Å²) in [6.45, 7) is 0.0588. The molecule has 0 saturated carbocycles. The van der Waals surface area contributed by atoms with Crippen molar-refractivity contribution in [1.82, 2.24) is 9.97 Å². The van der Waals surface area contributed by atoms with Gasteiger partial charge in [0.25, 0.3) is 5.69 Å². The third-order valence-corrected chi connectivity index (χ3v) is 2.79. The second kappa shape index (κ2) is 6.27. The highest BCUT2D eigenvalue weighted by atomic mass is 35.5. The number of anilines is 2. The van der Waals surface area contributed by atoms with Crippen LogP contribution in [-0.2, 0) is 4.74 Å². The van der Waals surface area contributed by atoms with Gasteiger partial charge in [-0.15, -0.1) is 0 Å². The normalized spacial score (nSPS) is 10.3. The summed E-state index contributed by atoms with van der Waals surface area (Å²) in [7, 11) is 1.48. The Morgan fingerprint density at radius 1 is 1.35 bits per heavy atom. The van der Waals surface area contributed by atoms with Crippen LogP contribution in [0.5, 0.6) is 0 Å². The van der Waals surface area contributed by atoms with Gasteiger partial charge in [-0.05, 0) is 6.07 Å². The van der Waals surface area contributed by atoms with E-state index in [1.807, 2.05) is 0 Å². The van der Waals surface area contributed by atoms with Crippen molar-refractivity contribution in [3.8, 4) is 0 Å². The molecular formula is C12H11ClN4O3. The molecule has 0 aliphatic heterocycles. The maximum atomic E-state index is 11.1. The number of methoxy groups -OCH3 is 1. The van der Waals surface area contributed by atoms with Crippen molar-refractivity contribution >= 4 is 28.8 Å². The number of halogens is 1. The van der Waals surface area contributed by atoms with Gasteiger partial charge in [-0.3, -0.25) is 15.0 Å². The van der Waals surface area contributed by atoms with Crippen LogP contribution in [0.25, 0.3) is 0 Å². The van der Waals surface area contributed by atoms with Crippen LogP contribution >= 0.6 is 11.6 Å². The average molecular weight is 295 g/mol. The van der Waals surface area contributed by atoms with Crippen LogP contribution in [0.15, 0.2) is 36.7 Å². The number of nitro benzene ring substituents is 1. The van der Waals surface area contributed by atoms with Crippen LogP contribution in [-0.4, -0.2) is 28.7 Å². The second-order valence-corrected chi connectivity index (χ2v) is 4.12. The van der Waals surface area contributed by atoms with Crippen LogP contribution in [0.2, 0.25) is 5.15 Å². The topological polar surface area (TPSA) is 81.4 Å². The zero-order valence-electron chi connectivity index (χ0n) is 10.6. The number of hydrogen-bond acceptors (Lipinski definition) is 6. The molecule has 0 atom stereocenters. The summed E-state index contributed by atoms with van der Waals surface area (Å²) in [5.41, 5.74) is 0.271. The summed E-state index contributed by atoms with van der Waals surface area (Å²) < 4.78 is 5.08. The minimum absolute atomic E-state index is 0.0588. The molecule has 0 spiro atoms. The molecule has 7 nitrogen and oxygen atoms in total. The Hall–Kier alpha value is -2.25. The third kappa shape index (κ3) is 2.84. The molecule has 2 aromatic rings. The monoisotopic (exact) mass is 294 g/mol. The zero-order valence-corrected chi connectivity index (χ0v) is 11.3. The third-order valence-electron chi connectivity index (χ3n) is 2.52. The highest BCUT2D eigenvalue weighted by molar-refractivity contribution is 6.31. The van der Waals surface area contributed by atoms with Crippen molar-refractivity contribution in [1.29, 1.82) is 0 Å². The summed E-state index contributed by atoms with van der Waals surface area (Å²) in [5, 5.41) is 11.3. The fourth-order valence-electron chi connectivity index (χ4n) is 1.72. The molecule has 0 amide bonds. The summed E-state index contributed by atoms with van der Waals surface area (Å²) in [4.78, 5) is 20.2. The number of rotatable bonds is 5. The molecule has 0 bridgehead atoms. The van der Waals surface area contributed by atoms with E-state index in [4.69, 9.17) is 16.3 Å². The van der Waals surface area contributed by atoms with Gasteiger partial charge < -0.3 is 4.74 Å². The van der Waals surface area contributed by atoms with E-state index in [9.17, 15) is 10.1 Å². The first kappa shape index (κ1) is 14.2. The van der Waals surface area contributed by atoms with Crippen LogP contribution in [0.4, 0.5) is 17.2 Å². The molecular weight excluding hydrogens is 284 g/mol.